The van der Waals surface area contributed by atoms with E-state index >= 15 is 0 Å². The number of halogens is 1. The molecule has 3 nitrogen and oxygen atoms in total. The molecule has 2 aliphatic rings. The number of esters is 1. The van der Waals surface area contributed by atoms with E-state index in [9.17, 15) is 4.79 Å². The molecule has 0 amide bonds. The topological polar surface area (TPSA) is 35.5 Å². The second-order valence-electron chi connectivity index (χ2n) is 7.89. The third kappa shape index (κ3) is 3.47. The van der Waals surface area contributed by atoms with Gasteiger partial charge in [-0.15, -0.1) is 11.6 Å². The van der Waals surface area contributed by atoms with Crippen LogP contribution in [-0.4, -0.2) is 25.8 Å². The van der Waals surface area contributed by atoms with Crippen molar-refractivity contribution in [2.45, 2.75) is 70.1 Å². The molecule has 1 fully saturated rings. The van der Waals surface area contributed by atoms with Gasteiger partial charge in [0, 0.05) is 6.42 Å². The van der Waals surface area contributed by atoms with Gasteiger partial charge < -0.3 is 9.16 Å². The summed E-state index contributed by atoms with van der Waals surface area (Å²) < 4.78 is 11.7. The highest BCUT2D eigenvalue weighted by Crippen LogP contribution is 2.43. The molecule has 4 atom stereocenters. The first-order valence-corrected chi connectivity index (χ1v) is 11.1. The van der Waals surface area contributed by atoms with E-state index in [1.165, 1.54) is 0 Å². The van der Waals surface area contributed by atoms with Crippen molar-refractivity contribution in [1.29, 1.82) is 0 Å². The van der Waals surface area contributed by atoms with E-state index in [1.807, 2.05) is 6.92 Å². The fraction of sp³-hybridized carbons (Fsp3) is 0.812. The van der Waals surface area contributed by atoms with Crippen LogP contribution in [0.5, 0.6) is 0 Å². The SMILES string of the molecule is C[C@@H]1C[C@@H]2C=C(O[Si](C)(C)C(C)(C)C)C[C@@H](Cl)[C@@H]2C(=O)O1. The molecule has 5 heteroatoms. The number of hydrogen-bond acceptors (Lipinski definition) is 3. The maximum Gasteiger partial charge on any atom is 0.311 e. The van der Waals surface area contributed by atoms with Gasteiger partial charge in [-0.25, -0.2) is 0 Å². The molecule has 0 aromatic heterocycles. The molecule has 0 radical (unpaired) electrons. The van der Waals surface area contributed by atoms with Crippen molar-refractivity contribution in [1.82, 2.24) is 0 Å². The predicted molar refractivity (Wildman–Crippen MR) is 87.8 cm³/mol. The van der Waals surface area contributed by atoms with Crippen molar-refractivity contribution < 1.29 is 14.0 Å². The zero-order valence-corrected chi connectivity index (χ0v) is 15.7. The largest absolute Gasteiger partial charge is 0.547 e. The highest BCUT2D eigenvalue weighted by Gasteiger charge is 2.45. The number of ether oxygens (including phenoxy) is 1. The third-order valence-electron chi connectivity index (χ3n) is 5.03. The number of alkyl halides is 1. The lowest BCUT2D eigenvalue weighted by Crippen LogP contribution is -2.45. The molecule has 0 unspecified atom stereocenters. The minimum absolute atomic E-state index is 0.0360. The summed E-state index contributed by atoms with van der Waals surface area (Å²) in [4.78, 5) is 12.0. The quantitative estimate of drug-likeness (QED) is 0.425. The van der Waals surface area contributed by atoms with Crippen molar-refractivity contribution in [3.8, 4) is 0 Å². The first-order valence-electron chi connectivity index (χ1n) is 7.75. The lowest BCUT2D eigenvalue weighted by molar-refractivity contribution is -0.162. The lowest BCUT2D eigenvalue weighted by atomic mass is 9.78. The van der Waals surface area contributed by atoms with Gasteiger partial charge in [0.05, 0.1) is 23.2 Å². The minimum atomic E-state index is -1.86. The van der Waals surface area contributed by atoms with Crippen LogP contribution >= 0.6 is 11.6 Å². The summed E-state index contributed by atoms with van der Waals surface area (Å²) in [5.41, 5.74) is 0. The highest BCUT2D eigenvalue weighted by atomic mass is 35.5. The maximum absolute atomic E-state index is 12.0. The molecule has 0 aromatic carbocycles. The summed E-state index contributed by atoms with van der Waals surface area (Å²) in [6.07, 6.45) is 3.56. The average molecular weight is 331 g/mol. The van der Waals surface area contributed by atoms with Crippen LogP contribution in [0.15, 0.2) is 11.8 Å². The fourth-order valence-electron chi connectivity index (χ4n) is 2.80. The van der Waals surface area contributed by atoms with Gasteiger partial charge in [0.15, 0.2) is 0 Å². The normalized spacial score (nSPS) is 33.9. The number of fused-ring (bicyclic) bond motifs is 1. The number of cyclic esters (lactones) is 1. The Bertz CT molecular complexity index is 453. The molecule has 0 spiro atoms. The third-order valence-corrected chi connectivity index (χ3v) is 9.84. The van der Waals surface area contributed by atoms with Crippen LogP contribution in [0.1, 0.15) is 40.5 Å². The number of rotatable bonds is 2. The maximum atomic E-state index is 12.0. The van der Waals surface area contributed by atoms with E-state index in [1.54, 1.807) is 0 Å². The fourth-order valence-corrected chi connectivity index (χ4v) is 4.35. The predicted octanol–water partition coefficient (Wildman–Crippen LogP) is 4.47. The first-order chi connectivity index (χ1) is 9.51. The summed E-state index contributed by atoms with van der Waals surface area (Å²) in [5, 5.41) is -0.0644. The van der Waals surface area contributed by atoms with Gasteiger partial charge >= 0.3 is 5.97 Å². The second-order valence-corrected chi connectivity index (χ2v) is 13.2. The molecule has 1 saturated heterocycles. The summed E-state index contributed by atoms with van der Waals surface area (Å²) in [7, 11) is -1.86. The zero-order valence-electron chi connectivity index (χ0n) is 13.9. The number of carbonyl (C=O) groups is 1. The van der Waals surface area contributed by atoms with Gasteiger partial charge in [0.2, 0.25) is 8.32 Å². The first kappa shape index (κ1) is 16.9. The van der Waals surface area contributed by atoms with Crippen LogP contribution in [0.4, 0.5) is 0 Å². The van der Waals surface area contributed by atoms with Crippen LogP contribution in [0.3, 0.4) is 0 Å². The molecule has 120 valence electrons. The summed E-state index contributed by atoms with van der Waals surface area (Å²) in [5.74, 6) is 0.762. The van der Waals surface area contributed by atoms with Crippen LogP contribution in [0, 0.1) is 11.8 Å². The molecular formula is C16H27ClO3Si. The Morgan fingerprint density at radius 3 is 2.57 bits per heavy atom. The smallest absolute Gasteiger partial charge is 0.311 e. The van der Waals surface area contributed by atoms with Crippen molar-refractivity contribution >= 4 is 25.9 Å². The standard InChI is InChI=1S/C16H27ClO3Si/c1-10-7-11-8-12(20-21(5,6)16(2,3)4)9-13(17)14(11)15(18)19-10/h8,10-11,13-14H,7,9H2,1-6H3/t10-,11-,13-,14-/m1/s1. The number of allylic oxidation sites excluding steroid dienone is 2. The Hall–Kier alpha value is -0.483. The molecule has 1 aliphatic carbocycles. The molecule has 2 rings (SSSR count). The van der Waals surface area contributed by atoms with E-state index in [4.69, 9.17) is 20.8 Å². The van der Waals surface area contributed by atoms with Crippen LogP contribution in [0.2, 0.25) is 18.1 Å². The monoisotopic (exact) mass is 330 g/mol. The Labute approximate surface area is 134 Å². The summed E-state index contributed by atoms with van der Waals surface area (Å²) in [6, 6.07) is 0. The minimum Gasteiger partial charge on any atom is -0.547 e. The van der Waals surface area contributed by atoms with Crippen molar-refractivity contribution in [3.05, 3.63) is 11.8 Å². The second kappa shape index (κ2) is 5.62. The van der Waals surface area contributed by atoms with Crippen LogP contribution in [0.25, 0.3) is 0 Å². The average Bonchev–Trinajstić information content (AvgIpc) is 2.24. The zero-order chi connectivity index (χ0) is 16.0. The van der Waals surface area contributed by atoms with E-state index in [2.05, 4.69) is 39.9 Å². The van der Waals surface area contributed by atoms with E-state index in [0.717, 1.165) is 12.2 Å². The van der Waals surface area contributed by atoms with E-state index < -0.39 is 8.32 Å². The molecule has 0 aromatic rings. The number of carbonyl (C=O) groups excluding carboxylic acids is 1. The van der Waals surface area contributed by atoms with Crippen molar-refractivity contribution in [2.75, 3.05) is 0 Å². The molecule has 0 N–H and O–H groups in total. The number of hydrogen-bond donors (Lipinski definition) is 0. The summed E-state index contributed by atoms with van der Waals surface area (Å²) in [6.45, 7) is 13.1. The molecule has 21 heavy (non-hydrogen) atoms. The summed E-state index contributed by atoms with van der Waals surface area (Å²) >= 11 is 6.46. The van der Waals surface area contributed by atoms with Gasteiger partial charge in [-0.1, -0.05) is 20.8 Å². The molecule has 0 saturated carbocycles. The van der Waals surface area contributed by atoms with Gasteiger partial charge in [-0.3, -0.25) is 4.79 Å². The molecular weight excluding hydrogens is 304 g/mol. The van der Waals surface area contributed by atoms with Gasteiger partial charge in [-0.2, -0.15) is 0 Å². The molecule has 1 heterocycles. The van der Waals surface area contributed by atoms with Crippen LogP contribution in [-0.2, 0) is 14.0 Å². The van der Waals surface area contributed by atoms with E-state index in [0.29, 0.717) is 6.42 Å². The Balaban J connectivity index is 2.20. The van der Waals surface area contributed by atoms with Crippen molar-refractivity contribution in [2.24, 2.45) is 11.8 Å². The Morgan fingerprint density at radius 1 is 1.38 bits per heavy atom. The van der Waals surface area contributed by atoms with E-state index in [-0.39, 0.29) is 34.3 Å². The lowest BCUT2D eigenvalue weighted by Gasteiger charge is -2.42. The molecule has 1 aliphatic heterocycles. The van der Waals surface area contributed by atoms with Gasteiger partial charge in [-0.05, 0) is 43.5 Å². The van der Waals surface area contributed by atoms with Crippen molar-refractivity contribution in [3.63, 3.8) is 0 Å². The Kier molecular flexibility index (Phi) is 4.51. The van der Waals surface area contributed by atoms with Crippen LogP contribution < -0.4 is 0 Å². The Morgan fingerprint density at radius 2 is 2.00 bits per heavy atom. The van der Waals surface area contributed by atoms with Gasteiger partial charge in [0.25, 0.3) is 0 Å². The molecule has 0 bridgehead atoms. The van der Waals surface area contributed by atoms with Gasteiger partial charge in [0.1, 0.15) is 0 Å². The highest BCUT2D eigenvalue weighted by molar-refractivity contribution is 6.74.